The lowest BCUT2D eigenvalue weighted by molar-refractivity contribution is 0.708. The molecule has 0 aliphatic rings. The molecule has 5 nitrogen and oxygen atoms in total. The first-order valence-electron chi connectivity index (χ1n) is 6.35. The van der Waals surface area contributed by atoms with Crippen LogP contribution in [0.1, 0.15) is 24.0 Å². The third-order valence-corrected chi connectivity index (χ3v) is 2.71. The van der Waals surface area contributed by atoms with E-state index >= 15 is 0 Å². The average Bonchev–Trinajstić information content (AvgIpc) is 2.34. The number of H-pyrrole nitrogens is 1. The Morgan fingerprint density at radius 3 is 2.47 bits per heavy atom. The van der Waals surface area contributed by atoms with E-state index in [0.29, 0.717) is 12.4 Å². The van der Waals surface area contributed by atoms with Gasteiger partial charge < -0.3 is 10.3 Å². The summed E-state index contributed by atoms with van der Waals surface area (Å²) in [5.74, 6) is 0.592. The Labute approximate surface area is 112 Å². The number of aromatic amines is 1. The molecule has 0 saturated carbocycles. The van der Waals surface area contributed by atoms with Gasteiger partial charge in [-0.3, -0.25) is 9.78 Å². The maximum absolute atomic E-state index is 11.7. The second-order valence-electron chi connectivity index (χ2n) is 4.50. The van der Waals surface area contributed by atoms with Crippen LogP contribution in [0.25, 0.3) is 11.4 Å². The summed E-state index contributed by atoms with van der Waals surface area (Å²) in [6.45, 7) is 7.31. The molecule has 0 atom stereocenters. The van der Waals surface area contributed by atoms with Crippen LogP contribution in [0.4, 0.5) is 0 Å². The van der Waals surface area contributed by atoms with E-state index in [9.17, 15) is 4.79 Å². The molecule has 0 aliphatic heterocycles. The summed E-state index contributed by atoms with van der Waals surface area (Å²) in [6.07, 6.45) is 0. The first-order valence-corrected chi connectivity index (χ1v) is 6.35. The topological polar surface area (TPSA) is 70.7 Å². The summed E-state index contributed by atoms with van der Waals surface area (Å²) >= 11 is 0. The second-order valence-corrected chi connectivity index (χ2v) is 4.50. The van der Waals surface area contributed by atoms with Crippen LogP contribution in [0.5, 0.6) is 0 Å². The number of aryl methyl sites for hydroxylation is 2. The minimum Gasteiger partial charge on any atom is -0.311 e. The number of nitrogens with one attached hydrogen (secondary N) is 2. The predicted octanol–water partition coefficient (Wildman–Crippen LogP) is 1.56. The minimum atomic E-state index is -0.134. The highest BCUT2D eigenvalue weighted by Crippen LogP contribution is 2.15. The molecule has 0 spiro atoms. The Bertz CT molecular complexity index is 613. The molecule has 2 aromatic heterocycles. The quantitative estimate of drug-likeness (QED) is 0.873. The highest BCUT2D eigenvalue weighted by atomic mass is 16.1. The molecular weight excluding hydrogens is 240 g/mol. The monoisotopic (exact) mass is 258 g/mol. The Morgan fingerprint density at radius 1 is 1.16 bits per heavy atom. The number of rotatable bonds is 4. The molecule has 0 radical (unpaired) electrons. The van der Waals surface area contributed by atoms with Crippen molar-refractivity contribution in [2.24, 2.45) is 0 Å². The number of nitrogens with zero attached hydrogens (tertiary/aromatic N) is 2. The maximum Gasteiger partial charge on any atom is 0.251 e. The standard InChI is InChI=1S/C14H18N4O/c1-4-15-8-12-7-13(19)18-14(17-12)11-5-9(2)16-10(3)6-11/h5-7,15H,4,8H2,1-3H3,(H,17,18,19). The van der Waals surface area contributed by atoms with Crippen molar-refractivity contribution in [1.82, 2.24) is 20.3 Å². The smallest absolute Gasteiger partial charge is 0.251 e. The highest BCUT2D eigenvalue weighted by molar-refractivity contribution is 5.55. The molecule has 0 amide bonds. The van der Waals surface area contributed by atoms with Crippen LogP contribution in [0, 0.1) is 13.8 Å². The van der Waals surface area contributed by atoms with E-state index in [-0.39, 0.29) is 5.56 Å². The van der Waals surface area contributed by atoms with Crippen LogP contribution in [0.3, 0.4) is 0 Å². The molecule has 0 aliphatic carbocycles. The SMILES string of the molecule is CCNCc1cc(=O)[nH]c(-c2cc(C)nc(C)c2)n1. The summed E-state index contributed by atoms with van der Waals surface area (Å²) < 4.78 is 0. The van der Waals surface area contributed by atoms with Gasteiger partial charge in [0.2, 0.25) is 0 Å². The number of hydrogen-bond acceptors (Lipinski definition) is 4. The van der Waals surface area contributed by atoms with Crippen molar-refractivity contribution in [3.05, 3.63) is 45.6 Å². The normalized spacial score (nSPS) is 10.7. The lowest BCUT2D eigenvalue weighted by Gasteiger charge is -2.06. The van der Waals surface area contributed by atoms with E-state index in [1.165, 1.54) is 6.07 Å². The average molecular weight is 258 g/mol. The van der Waals surface area contributed by atoms with E-state index in [4.69, 9.17) is 0 Å². The maximum atomic E-state index is 11.7. The Hall–Kier alpha value is -2.01. The Balaban J connectivity index is 2.43. The highest BCUT2D eigenvalue weighted by Gasteiger charge is 2.05. The van der Waals surface area contributed by atoms with Gasteiger partial charge in [0.25, 0.3) is 5.56 Å². The molecule has 0 fully saturated rings. The zero-order valence-electron chi connectivity index (χ0n) is 11.4. The number of pyridine rings is 1. The van der Waals surface area contributed by atoms with Gasteiger partial charge in [-0.05, 0) is 32.5 Å². The van der Waals surface area contributed by atoms with Crippen molar-refractivity contribution >= 4 is 0 Å². The molecular formula is C14H18N4O. The van der Waals surface area contributed by atoms with Crippen molar-refractivity contribution in [2.75, 3.05) is 6.54 Å². The number of hydrogen-bond donors (Lipinski definition) is 2. The third kappa shape index (κ3) is 3.48. The zero-order chi connectivity index (χ0) is 13.8. The summed E-state index contributed by atoms with van der Waals surface area (Å²) in [4.78, 5) is 23.3. The molecule has 0 saturated heterocycles. The lowest BCUT2D eigenvalue weighted by atomic mass is 10.2. The first-order chi connectivity index (χ1) is 9.08. The fraction of sp³-hybridized carbons (Fsp3) is 0.357. The van der Waals surface area contributed by atoms with Crippen molar-refractivity contribution in [3.63, 3.8) is 0 Å². The number of aromatic nitrogens is 3. The molecule has 0 aromatic carbocycles. The zero-order valence-corrected chi connectivity index (χ0v) is 11.4. The van der Waals surface area contributed by atoms with E-state index in [1.807, 2.05) is 32.9 Å². The van der Waals surface area contributed by atoms with Crippen LogP contribution in [-0.2, 0) is 6.54 Å². The van der Waals surface area contributed by atoms with Gasteiger partial charge in [0.15, 0.2) is 0 Å². The van der Waals surface area contributed by atoms with Gasteiger partial charge in [0, 0.05) is 29.6 Å². The van der Waals surface area contributed by atoms with Crippen LogP contribution < -0.4 is 10.9 Å². The van der Waals surface area contributed by atoms with E-state index in [1.54, 1.807) is 0 Å². The molecule has 2 heterocycles. The Morgan fingerprint density at radius 2 is 1.84 bits per heavy atom. The van der Waals surface area contributed by atoms with Crippen LogP contribution in [0.15, 0.2) is 23.0 Å². The molecule has 5 heteroatoms. The summed E-state index contributed by atoms with van der Waals surface area (Å²) in [7, 11) is 0. The third-order valence-electron chi connectivity index (χ3n) is 2.71. The second kappa shape index (κ2) is 5.75. The van der Waals surface area contributed by atoms with E-state index < -0.39 is 0 Å². The van der Waals surface area contributed by atoms with Crippen molar-refractivity contribution in [1.29, 1.82) is 0 Å². The van der Waals surface area contributed by atoms with Gasteiger partial charge >= 0.3 is 0 Å². The summed E-state index contributed by atoms with van der Waals surface area (Å²) in [5.41, 5.74) is 3.32. The van der Waals surface area contributed by atoms with Gasteiger partial charge in [-0.2, -0.15) is 0 Å². The van der Waals surface area contributed by atoms with Gasteiger partial charge in [-0.1, -0.05) is 6.92 Å². The van der Waals surface area contributed by atoms with Gasteiger partial charge in [-0.15, -0.1) is 0 Å². The lowest BCUT2D eigenvalue weighted by Crippen LogP contribution is -2.17. The largest absolute Gasteiger partial charge is 0.311 e. The molecule has 19 heavy (non-hydrogen) atoms. The van der Waals surface area contributed by atoms with Gasteiger partial charge in [0.05, 0.1) is 5.69 Å². The minimum absolute atomic E-state index is 0.134. The van der Waals surface area contributed by atoms with Crippen LogP contribution in [0.2, 0.25) is 0 Å². The van der Waals surface area contributed by atoms with Crippen molar-refractivity contribution < 1.29 is 0 Å². The van der Waals surface area contributed by atoms with Crippen molar-refractivity contribution in [2.45, 2.75) is 27.3 Å². The molecule has 2 rings (SSSR count). The van der Waals surface area contributed by atoms with Crippen LogP contribution in [-0.4, -0.2) is 21.5 Å². The molecule has 2 N–H and O–H groups in total. The fourth-order valence-corrected chi connectivity index (χ4v) is 1.96. The molecule has 0 bridgehead atoms. The predicted molar refractivity (Wildman–Crippen MR) is 74.9 cm³/mol. The van der Waals surface area contributed by atoms with E-state index in [0.717, 1.165) is 29.2 Å². The van der Waals surface area contributed by atoms with Gasteiger partial charge in [0.1, 0.15) is 5.82 Å². The fourth-order valence-electron chi connectivity index (χ4n) is 1.96. The first kappa shape index (κ1) is 13.4. The summed E-state index contributed by atoms with van der Waals surface area (Å²) in [6, 6.07) is 5.36. The van der Waals surface area contributed by atoms with Crippen LogP contribution >= 0.6 is 0 Å². The van der Waals surface area contributed by atoms with E-state index in [2.05, 4.69) is 20.3 Å². The summed E-state index contributed by atoms with van der Waals surface area (Å²) in [5, 5.41) is 3.17. The van der Waals surface area contributed by atoms with Crippen molar-refractivity contribution in [3.8, 4) is 11.4 Å². The Kier molecular flexibility index (Phi) is 4.06. The molecule has 0 unspecified atom stereocenters. The molecule has 2 aromatic rings. The van der Waals surface area contributed by atoms with Gasteiger partial charge in [-0.25, -0.2) is 4.98 Å². The molecule has 100 valence electrons.